The molecular weight excluding hydrogens is 259 g/mol. The van der Waals surface area contributed by atoms with E-state index in [-0.39, 0.29) is 11.7 Å². The van der Waals surface area contributed by atoms with E-state index in [9.17, 15) is 9.18 Å². The molecule has 1 heterocycles. The fourth-order valence-corrected chi connectivity index (χ4v) is 2.15. The second kappa shape index (κ2) is 4.85. The molecule has 0 saturated carbocycles. The molecule has 3 N–H and O–H groups in total. The highest BCUT2D eigenvalue weighted by molar-refractivity contribution is 5.94. The SMILES string of the molecule is Nc1ccc(Oc2ccc3c(c2)CCC(=O)N3)c(F)c1. The molecule has 0 saturated heterocycles. The summed E-state index contributed by atoms with van der Waals surface area (Å²) in [5.41, 5.74) is 7.61. The van der Waals surface area contributed by atoms with Gasteiger partial charge in [-0.15, -0.1) is 0 Å². The van der Waals surface area contributed by atoms with Crippen molar-refractivity contribution < 1.29 is 13.9 Å². The number of amides is 1. The molecule has 1 amide bonds. The molecule has 3 rings (SSSR count). The number of aryl methyl sites for hydroxylation is 1. The van der Waals surface area contributed by atoms with Crippen molar-refractivity contribution in [3.8, 4) is 11.5 Å². The number of anilines is 2. The molecule has 0 atom stereocenters. The minimum atomic E-state index is -0.504. The van der Waals surface area contributed by atoms with E-state index >= 15 is 0 Å². The van der Waals surface area contributed by atoms with Crippen molar-refractivity contribution >= 4 is 17.3 Å². The third-order valence-electron chi connectivity index (χ3n) is 3.16. The highest BCUT2D eigenvalue weighted by Crippen LogP contribution is 2.31. The molecule has 0 unspecified atom stereocenters. The molecule has 102 valence electrons. The Hall–Kier alpha value is -2.56. The van der Waals surface area contributed by atoms with E-state index in [4.69, 9.17) is 10.5 Å². The lowest BCUT2D eigenvalue weighted by Gasteiger charge is -2.17. The Morgan fingerprint density at radius 2 is 2.00 bits per heavy atom. The molecule has 20 heavy (non-hydrogen) atoms. The number of nitrogens with two attached hydrogens (primary N) is 1. The van der Waals surface area contributed by atoms with Gasteiger partial charge in [-0.1, -0.05) is 0 Å². The minimum absolute atomic E-state index is 0.00995. The fraction of sp³-hybridized carbons (Fsp3) is 0.133. The molecule has 0 bridgehead atoms. The number of benzene rings is 2. The Labute approximate surface area is 115 Å². The molecule has 2 aromatic rings. The molecule has 0 aliphatic carbocycles. The first-order chi connectivity index (χ1) is 9.61. The van der Waals surface area contributed by atoms with E-state index in [1.165, 1.54) is 12.1 Å². The number of fused-ring (bicyclic) bond motifs is 1. The number of carbonyl (C=O) groups excluding carboxylic acids is 1. The summed E-state index contributed by atoms with van der Waals surface area (Å²) >= 11 is 0. The van der Waals surface area contributed by atoms with Crippen molar-refractivity contribution in [2.24, 2.45) is 0 Å². The molecule has 0 spiro atoms. The molecule has 2 aromatic carbocycles. The first-order valence-electron chi connectivity index (χ1n) is 6.27. The molecule has 5 heteroatoms. The van der Waals surface area contributed by atoms with Crippen LogP contribution in [0.15, 0.2) is 36.4 Å². The van der Waals surface area contributed by atoms with Crippen molar-refractivity contribution in [2.45, 2.75) is 12.8 Å². The molecule has 0 radical (unpaired) electrons. The number of nitrogens with one attached hydrogen (secondary N) is 1. The second-order valence-corrected chi connectivity index (χ2v) is 4.66. The number of hydrogen-bond donors (Lipinski definition) is 2. The smallest absolute Gasteiger partial charge is 0.224 e. The largest absolute Gasteiger partial charge is 0.454 e. The van der Waals surface area contributed by atoms with Gasteiger partial charge >= 0.3 is 0 Å². The van der Waals surface area contributed by atoms with Gasteiger partial charge in [0.2, 0.25) is 5.91 Å². The van der Waals surface area contributed by atoms with Gasteiger partial charge in [0.15, 0.2) is 11.6 Å². The monoisotopic (exact) mass is 272 g/mol. The van der Waals surface area contributed by atoms with E-state index in [1.807, 2.05) is 6.07 Å². The molecular formula is C15H13FN2O2. The average Bonchev–Trinajstić information content (AvgIpc) is 2.42. The van der Waals surface area contributed by atoms with Crippen molar-refractivity contribution in [3.05, 3.63) is 47.8 Å². The van der Waals surface area contributed by atoms with Crippen molar-refractivity contribution in [1.29, 1.82) is 0 Å². The van der Waals surface area contributed by atoms with Gasteiger partial charge in [0.05, 0.1) is 0 Å². The first kappa shape index (κ1) is 12.5. The Kier molecular flexibility index (Phi) is 3.02. The highest BCUT2D eigenvalue weighted by atomic mass is 19.1. The topological polar surface area (TPSA) is 64.3 Å². The van der Waals surface area contributed by atoms with Crippen LogP contribution in [0.25, 0.3) is 0 Å². The van der Waals surface area contributed by atoms with Gasteiger partial charge in [-0.05, 0) is 42.3 Å². The third kappa shape index (κ3) is 2.42. The Morgan fingerprint density at radius 3 is 2.80 bits per heavy atom. The quantitative estimate of drug-likeness (QED) is 0.826. The summed E-state index contributed by atoms with van der Waals surface area (Å²) < 4.78 is 19.2. The number of nitrogen functional groups attached to an aromatic ring is 1. The summed E-state index contributed by atoms with van der Waals surface area (Å²) in [6.45, 7) is 0. The van der Waals surface area contributed by atoms with Gasteiger partial charge in [-0.25, -0.2) is 4.39 Å². The van der Waals surface area contributed by atoms with Crippen molar-refractivity contribution in [1.82, 2.24) is 0 Å². The summed E-state index contributed by atoms with van der Waals surface area (Å²) in [6.07, 6.45) is 1.11. The molecule has 4 nitrogen and oxygen atoms in total. The van der Waals surface area contributed by atoms with Crippen LogP contribution in [-0.2, 0) is 11.2 Å². The van der Waals surface area contributed by atoms with Gasteiger partial charge in [0, 0.05) is 23.9 Å². The van der Waals surface area contributed by atoms with E-state index < -0.39 is 5.82 Å². The van der Waals surface area contributed by atoms with Crippen molar-refractivity contribution in [2.75, 3.05) is 11.1 Å². The van der Waals surface area contributed by atoms with Crippen LogP contribution < -0.4 is 15.8 Å². The predicted octanol–water partition coefficient (Wildman–Crippen LogP) is 3.08. The van der Waals surface area contributed by atoms with Crippen LogP contribution in [0.5, 0.6) is 11.5 Å². The van der Waals surface area contributed by atoms with Crippen LogP contribution in [0.1, 0.15) is 12.0 Å². The fourth-order valence-electron chi connectivity index (χ4n) is 2.15. The van der Waals surface area contributed by atoms with E-state index in [1.54, 1.807) is 18.2 Å². The number of halogens is 1. The average molecular weight is 272 g/mol. The molecule has 1 aliphatic heterocycles. The summed E-state index contributed by atoms with van der Waals surface area (Å²) in [7, 11) is 0. The third-order valence-corrected chi connectivity index (χ3v) is 3.16. The van der Waals surface area contributed by atoms with Gasteiger partial charge in [0.25, 0.3) is 0 Å². The van der Waals surface area contributed by atoms with Gasteiger partial charge in [-0.2, -0.15) is 0 Å². The minimum Gasteiger partial charge on any atom is -0.454 e. The molecule has 0 fully saturated rings. The number of carbonyl (C=O) groups is 1. The summed E-state index contributed by atoms with van der Waals surface area (Å²) in [5.74, 6) is 0.161. The Balaban J connectivity index is 1.86. The van der Waals surface area contributed by atoms with Gasteiger partial charge in [0.1, 0.15) is 5.75 Å². The Bertz CT molecular complexity index is 686. The van der Waals surface area contributed by atoms with Crippen molar-refractivity contribution in [3.63, 3.8) is 0 Å². The number of ether oxygens (including phenoxy) is 1. The van der Waals surface area contributed by atoms with E-state index in [0.717, 1.165) is 11.3 Å². The highest BCUT2D eigenvalue weighted by Gasteiger charge is 2.15. The maximum absolute atomic E-state index is 13.7. The number of hydrogen-bond acceptors (Lipinski definition) is 3. The summed E-state index contributed by atoms with van der Waals surface area (Å²) in [5, 5.41) is 2.78. The summed E-state index contributed by atoms with van der Waals surface area (Å²) in [4.78, 5) is 11.3. The van der Waals surface area contributed by atoms with Crippen LogP contribution in [0.2, 0.25) is 0 Å². The van der Waals surface area contributed by atoms with Gasteiger partial charge in [-0.3, -0.25) is 4.79 Å². The van der Waals surface area contributed by atoms with Crippen LogP contribution >= 0.6 is 0 Å². The standard InChI is InChI=1S/C15H13FN2O2/c16-12-8-10(17)2-5-14(12)20-11-3-4-13-9(7-11)1-6-15(19)18-13/h2-5,7-8H,1,6,17H2,(H,18,19). The van der Waals surface area contributed by atoms with Crippen LogP contribution in [0.3, 0.4) is 0 Å². The van der Waals surface area contributed by atoms with Gasteiger partial charge < -0.3 is 15.8 Å². The normalized spacial score (nSPS) is 13.6. The van der Waals surface area contributed by atoms with Crippen LogP contribution in [-0.4, -0.2) is 5.91 Å². The predicted molar refractivity (Wildman–Crippen MR) is 74.3 cm³/mol. The lowest BCUT2D eigenvalue weighted by Crippen LogP contribution is -2.18. The zero-order valence-corrected chi connectivity index (χ0v) is 10.7. The maximum atomic E-state index is 13.7. The second-order valence-electron chi connectivity index (χ2n) is 4.66. The maximum Gasteiger partial charge on any atom is 0.224 e. The molecule has 0 aromatic heterocycles. The Morgan fingerprint density at radius 1 is 1.15 bits per heavy atom. The lowest BCUT2D eigenvalue weighted by atomic mass is 10.0. The zero-order chi connectivity index (χ0) is 14.1. The van der Waals surface area contributed by atoms with Crippen LogP contribution in [0.4, 0.5) is 15.8 Å². The zero-order valence-electron chi connectivity index (χ0n) is 10.7. The van der Waals surface area contributed by atoms with E-state index in [0.29, 0.717) is 24.3 Å². The number of rotatable bonds is 2. The molecule has 1 aliphatic rings. The summed E-state index contributed by atoms with van der Waals surface area (Å²) in [6, 6.07) is 9.55. The lowest BCUT2D eigenvalue weighted by molar-refractivity contribution is -0.116. The van der Waals surface area contributed by atoms with E-state index in [2.05, 4.69) is 5.32 Å². The van der Waals surface area contributed by atoms with Crippen LogP contribution in [0, 0.1) is 5.82 Å². The first-order valence-corrected chi connectivity index (χ1v) is 6.27.